The molecular weight excluding hydrogens is 392 g/mol. The lowest BCUT2D eigenvalue weighted by Gasteiger charge is -2.16. The van der Waals surface area contributed by atoms with Gasteiger partial charge < -0.3 is 4.74 Å². The molecule has 0 saturated heterocycles. The molecule has 4 aromatic rings. The van der Waals surface area contributed by atoms with Crippen LogP contribution < -0.4 is 0 Å². The maximum Gasteiger partial charge on any atom is 0.340 e. The summed E-state index contributed by atoms with van der Waals surface area (Å²) in [6.07, 6.45) is 1.78. The molecule has 0 bridgehead atoms. The predicted octanol–water partition coefficient (Wildman–Crippen LogP) is 5.35. The molecule has 0 amide bonds. The van der Waals surface area contributed by atoms with E-state index in [-0.39, 0.29) is 12.0 Å². The summed E-state index contributed by atoms with van der Waals surface area (Å²) in [7, 11) is 1.39. The summed E-state index contributed by atoms with van der Waals surface area (Å²) in [5.41, 5.74) is 2.41. The van der Waals surface area contributed by atoms with Crippen LogP contribution in [-0.4, -0.2) is 22.9 Å². The molecule has 26 heavy (non-hydrogen) atoms. The molecule has 4 nitrogen and oxygen atoms in total. The van der Waals surface area contributed by atoms with Gasteiger partial charge >= 0.3 is 5.97 Å². The molecule has 130 valence electrons. The number of nitrogens with zero attached hydrogens (tertiary/aromatic N) is 2. The van der Waals surface area contributed by atoms with E-state index in [4.69, 9.17) is 4.74 Å². The third kappa shape index (κ3) is 2.78. The number of esters is 1. The molecule has 3 aromatic carbocycles. The van der Waals surface area contributed by atoms with Gasteiger partial charge in [-0.2, -0.15) is 5.10 Å². The average Bonchev–Trinajstić information content (AvgIpc) is 3.09. The molecule has 4 rings (SSSR count). The van der Waals surface area contributed by atoms with E-state index in [9.17, 15) is 4.79 Å². The highest BCUT2D eigenvalue weighted by atomic mass is 79.9. The maximum atomic E-state index is 12.3. The second-order valence-electron chi connectivity index (χ2n) is 6.25. The standard InChI is InChI=1S/C21H17BrN2O2/c1-13(15-8-7-14-5-3-4-6-16(14)9-15)24-20-17(12-23-24)10-18(22)11-19(20)21(25)26-2/h3-13H,1-2H3/t13-/m1/s1. The number of methoxy groups -OCH3 is 1. The highest BCUT2D eigenvalue weighted by Gasteiger charge is 2.20. The topological polar surface area (TPSA) is 44.1 Å². The van der Waals surface area contributed by atoms with E-state index >= 15 is 0 Å². The van der Waals surface area contributed by atoms with Gasteiger partial charge in [-0.15, -0.1) is 0 Å². The van der Waals surface area contributed by atoms with Crippen LogP contribution >= 0.6 is 15.9 Å². The summed E-state index contributed by atoms with van der Waals surface area (Å²) in [4.78, 5) is 12.3. The molecule has 0 radical (unpaired) electrons. The number of rotatable bonds is 3. The van der Waals surface area contributed by atoms with Gasteiger partial charge in [-0.25, -0.2) is 4.79 Å². The molecule has 0 saturated carbocycles. The van der Waals surface area contributed by atoms with Crippen molar-refractivity contribution in [3.05, 3.63) is 76.4 Å². The second kappa shape index (κ2) is 6.57. The Morgan fingerprint density at radius 2 is 1.85 bits per heavy atom. The number of halogens is 1. The smallest absolute Gasteiger partial charge is 0.340 e. The van der Waals surface area contributed by atoms with Gasteiger partial charge in [-0.1, -0.05) is 52.3 Å². The van der Waals surface area contributed by atoms with Crippen molar-refractivity contribution in [2.75, 3.05) is 7.11 Å². The molecule has 0 spiro atoms. The SMILES string of the molecule is COC(=O)c1cc(Br)cc2cnn([C@H](C)c3ccc4ccccc4c3)c12. The summed E-state index contributed by atoms with van der Waals surface area (Å²) >= 11 is 3.45. The van der Waals surface area contributed by atoms with Gasteiger partial charge in [0.25, 0.3) is 0 Å². The zero-order valence-electron chi connectivity index (χ0n) is 14.4. The van der Waals surface area contributed by atoms with E-state index in [1.165, 1.54) is 17.9 Å². The second-order valence-corrected chi connectivity index (χ2v) is 7.17. The lowest BCUT2D eigenvalue weighted by molar-refractivity contribution is 0.0602. The molecule has 0 N–H and O–H groups in total. The van der Waals surface area contributed by atoms with Crippen LogP contribution in [-0.2, 0) is 4.74 Å². The molecule has 0 unspecified atom stereocenters. The molecule has 1 aromatic heterocycles. The van der Waals surface area contributed by atoms with Gasteiger partial charge in [0.05, 0.1) is 30.4 Å². The summed E-state index contributed by atoms with van der Waals surface area (Å²) in [5, 5.41) is 7.84. The largest absolute Gasteiger partial charge is 0.465 e. The molecule has 1 heterocycles. The number of hydrogen-bond donors (Lipinski definition) is 0. The zero-order valence-corrected chi connectivity index (χ0v) is 16.0. The molecule has 0 aliphatic heterocycles. The Balaban J connectivity index is 1.88. The molecule has 1 atom stereocenters. The first-order valence-electron chi connectivity index (χ1n) is 8.32. The van der Waals surface area contributed by atoms with Crippen LogP contribution in [0.3, 0.4) is 0 Å². The predicted molar refractivity (Wildman–Crippen MR) is 107 cm³/mol. The number of fused-ring (bicyclic) bond motifs is 2. The summed E-state index contributed by atoms with van der Waals surface area (Å²) < 4.78 is 7.68. The van der Waals surface area contributed by atoms with Crippen molar-refractivity contribution >= 4 is 43.6 Å². The summed E-state index contributed by atoms with van der Waals surface area (Å²) in [5.74, 6) is -0.372. The van der Waals surface area contributed by atoms with Gasteiger partial charge in [-0.05, 0) is 41.5 Å². The van der Waals surface area contributed by atoms with Crippen LogP contribution in [0.1, 0.15) is 28.9 Å². The van der Waals surface area contributed by atoms with Gasteiger partial charge in [0.2, 0.25) is 0 Å². The summed E-state index contributed by atoms with van der Waals surface area (Å²) in [6.45, 7) is 2.08. The van der Waals surface area contributed by atoms with Crippen molar-refractivity contribution in [3.8, 4) is 0 Å². The van der Waals surface area contributed by atoms with Crippen molar-refractivity contribution in [2.24, 2.45) is 0 Å². The van der Waals surface area contributed by atoms with Crippen LogP contribution in [0.2, 0.25) is 0 Å². The molecular formula is C21H17BrN2O2. The molecule has 5 heteroatoms. The molecule has 0 fully saturated rings. The third-order valence-electron chi connectivity index (χ3n) is 4.68. The Hall–Kier alpha value is -2.66. The van der Waals surface area contributed by atoms with Gasteiger partial charge in [0, 0.05) is 9.86 Å². The Labute approximate surface area is 159 Å². The van der Waals surface area contributed by atoms with Gasteiger partial charge in [0.15, 0.2) is 0 Å². The van der Waals surface area contributed by atoms with Crippen LogP contribution in [0.5, 0.6) is 0 Å². The zero-order chi connectivity index (χ0) is 18.3. The summed E-state index contributed by atoms with van der Waals surface area (Å²) in [6, 6.07) is 18.4. The van der Waals surface area contributed by atoms with Gasteiger partial charge in [-0.3, -0.25) is 4.68 Å². The highest BCUT2D eigenvalue weighted by Crippen LogP contribution is 2.30. The fourth-order valence-corrected chi connectivity index (χ4v) is 3.80. The maximum absolute atomic E-state index is 12.3. The number of benzene rings is 3. The van der Waals surface area contributed by atoms with Crippen molar-refractivity contribution in [1.82, 2.24) is 9.78 Å². The van der Waals surface area contributed by atoms with Crippen LogP contribution in [0, 0.1) is 0 Å². The minimum atomic E-state index is -0.372. The fraction of sp³-hybridized carbons (Fsp3) is 0.143. The third-order valence-corrected chi connectivity index (χ3v) is 5.14. The van der Waals surface area contributed by atoms with Crippen molar-refractivity contribution in [3.63, 3.8) is 0 Å². The molecule has 0 aliphatic rings. The lowest BCUT2D eigenvalue weighted by atomic mass is 10.0. The fourth-order valence-electron chi connectivity index (χ4n) is 3.32. The van der Waals surface area contributed by atoms with E-state index in [1.807, 2.05) is 22.9 Å². The highest BCUT2D eigenvalue weighted by molar-refractivity contribution is 9.10. The van der Waals surface area contributed by atoms with Crippen molar-refractivity contribution < 1.29 is 9.53 Å². The number of carbonyl (C=O) groups is 1. The minimum Gasteiger partial charge on any atom is -0.465 e. The number of aromatic nitrogens is 2. The first-order chi connectivity index (χ1) is 12.6. The minimum absolute atomic E-state index is 0.0262. The Morgan fingerprint density at radius 3 is 2.62 bits per heavy atom. The van der Waals surface area contributed by atoms with Gasteiger partial charge in [0.1, 0.15) is 0 Å². The monoisotopic (exact) mass is 408 g/mol. The van der Waals surface area contributed by atoms with E-state index < -0.39 is 0 Å². The van der Waals surface area contributed by atoms with E-state index in [2.05, 4.69) is 58.3 Å². The number of carbonyl (C=O) groups excluding carboxylic acids is 1. The van der Waals surface area contributed by atoms with Crippen molar-refractivity contribution in [2.45, 2.75) is 13.0 Å². The van der Waals surface area contributed by atoms with E-state index in [0.717, 1.165) is 20.9 Å². The number of ether oxygens (including phenoxy) is 1. The van der Waals surface area contributed by atoms with E-state index in [0.29, 0.717) is 5.56 Å². The Bertz CT molecular complexity index is 1130. The Kier molecular flexibility index (Phi) is 4.24. The first kappa shape index (κ1) is 16.8. The van der Waals surface area contributed by atoms with Crippen LogP contribution in [0.25, 0.3) is 21.7 Å². The molecule has 0 aliphatic carbocycles. The first-order valence-corrected chi connectivity index (χ1v) is 9.11. The van der Waals surface area contributed by atoms with E-state index in [1.54, 1.807) is 12.3 Å². The number of hydrogen-bond acceptors (Lipinski definition) is 3. The average molecular weight is 409 g/mol. The quantitative estimate of drug-likeness (QED) is 0.429. The van der Waals surface area contributed by atoms with Crippen LogP contribution in [0.4, 0.5) is 0 Å². The Morgan fingerprint density at radius 1 is 1.08 bits per heavy atom. The van der Waals surface area contributed by atoms with Crippen molar-refractivity contribution in [1.29, 1.82) is 0 Å². The normalized spacial score (nSPS) is 12.4. The van der Waals surface area contributed by atoms with Crippen LogP contribution in [0.15, 0.2) is 65.3 Å². The lowest BCUT2D eigenvalue weighted by Crippen LogP contribution is -2.12.